The third kappa shape index (κ3) is 6.06. The Kier molecular flexibility index (Phi) is 8.03. The number of sulfonamides is 1. The quantitative estimate of drug-likeness (QED) is 0.498. The van der Waals surface area contributed by atoms with E-state index in [2.05, 4.69) is 41.6 Å². The second-order valence-electron chi connectivity index (χ2n) is 8.29. The van der Waals surface area contributed by atoms with Crippen LogP contribution in [-0.4, -0.2) is 45.4 Å². The summed E-state index contributed by atoms with van der Waals surface area (Å²) in [7, 11) is -0.128. The van der Waals surface area contributed by atoms with Crippen molar-refractivity contribution in [2.45, 2.75) is 50.6 Å². The molecule has 0 aliphatic rings. The fraction of sp³-hybridized carbons (Fsp3) is 0.435. The molecule has 0 aliphatic heterocycles. The van der Waals surface area contributed by atoms with Gasteiger partial charge >= 0.3 is 0 Å². The molecule has 0 aliphatic carbocycles. The zero-order chi connectivity index (χ0) is 22.4. The van der Waals surface area contributed by atoms with Crippen LogP contribution in [0.3, 0.4) is 0 Å². The summed E-state index contributed by atoms with van der Waals surface area (Å²) in [5.41, 5.74) is 2.19. The molecule has 2 N–H and O–H groups in total. The van der Waals surface area contributed by atoms with E-state index in [1.165, 1.54) is 9.87 Å². The van der Waals surface area contributed by atoms with E-state index < -0.39 is 10.0 Å². The van der Waals surface area contributed by atoms with Gasteiger partial charge in [0.2, 0.25) is 10.0 Å². The summed E-state index contributed by atoms with van der Waals surface area (Å²) in [5, 5.41) is 6.67. The molecule has 30 heavy (non-hydrogen) atoms. The monoisotopic (exact) mass is 430 g/mol. The van der Waals surface area contributed by atoms with Crippen molar-refractivity contribution in [2.24, 2.45) is 4.99 Å². The molecule has 7 heteroatoms. The first kappa shape index (κ1) is 23.9. The average molecular weight is 431 g/mol. The number of hydrogen-bond acceptors (Lipinski definition) is 3. The smallest absolute Gasteiger partial charge is 0.243 e. The van der Waals surface area contributed by atoms with Crippen LogP contribution in [0.2, 0.25) is 0 Å². The largest absolute Gasteiger partial charge is 0.356 e. The van der Waals surface area contributed by atoms with Gasteiger partial charge in [0.1, 0.15) is 0 Å². The van der Waals surface area contributed by atoms with Crippen LogP contribution in [0.5, 0.6) is 0 Å². The molecule has 6 nitrogen and oxygen atoms in total. The highest BCUT2D eigenvalue weighted by Gasteiger charge is 2.23. The third-order valence-corrected chi connectivity index (χ3v) is 7.31. The van der Waals surface area contributed by atoms with Crippen LogP contribution in [0, 0.1) is 0 Å². The maximum absolute atomic E-state index is 12.6. The Morgan fingerprint density at radius 2 is 1.63 bits per heavy atom. The van der Waals surface area contributed by atoms with Gasteiger partial charge in [-0.25, -0.2) is 8.42 Å². The molecule has 0 aromatic heterocycles. The second-order valence-corrected chi connectivity index (χ2v) is 10.3. The Labute approximate surface area is 181 Å². The molecular weight excluding hydrogens is 396 g/mol. The van der Waals surface area contributed by atoms with E-state index in [9.17, 15) is 8.42 Å². The number of benzene rings is 2. The number of nitrogens with zero attached hydrogens (tertiary/aromatic N) is 2. The molecule has 0 spiro atoms. The molecule has 2 rings (SSSR count). The zero-order valence-corrected chi connectivity index (χ0v) is 19.6. The summed E-state index contributed by atoms with van der Waals surface area (Å²) in [5.74, 6) is 0.704. The lowest BCUT2D eigenvalue weighted by molar-refractivity contribution is 0.410. The van der Waals surface area contributed by atoms with E-state index in [1.54, 1.807) is 26.2 Å². The predicted molar refractivity (Wildman–Crippen MR) is 124 cm³/mol. The normalized spacial score (nSPS) is 13.0. The lowest BCUT2D eigenvalue weighted by Crippen LogP contribution is -2.43. The Balaban J connectivity index is 1.96. The van der Waals surface area contributed by atoms with E-state index >= 15 is 0 Å². The minimum Gasteiger partial charge on any atom is -0.356 e. The number of aliphatic imine (C=N–C) groups is 1. The molecule has 0 radical (unpaired) electrons. The SMILES string of the molecule is CN=C(NCc1ccc(S(=O)(=O)N(C)C(C)C)cc1)NCC(C)(C)c1ccccc1. The standard InChI is InChI=1S/C23H34N4O2S/c1-18(2)27(6)30(28,29)21-14-12-19(13-15-21)16-25-22(24-5)26-17-23(3,4)20-10-8-7-9-11-20/h7-15,18H,16-17H2,1-6H3,(H2,24,25,26). The van der Waals surface area contributed by atoms with Crippen LogP contribution in [0.1, 0.15) is 38.8 Å². The molecule has 0 saturated heterocycles. The summed E-state index contributed by atoms with van der Waals surface area (Å²) >= 11 is 0. The Morgan fingerprint density at radius 3 is 2.17 bits per heavy atom. The van der Waals surface area contributed by atoms with Gasteiger partial charge in [-0.3, -0.25) is 4.99 Å². The van der Waals surface area contributed by atoms with Gasteiger partial charge in [0.05, 0.1) is 4.90 Å². The molecule has 2 aromatic carbocycles. The molecule has 0 heterocycles. The van der Waals surface area contributed by atoms with Crippen LogP contribution in [0.4, 0.5) is 0 Å². The van der Waals surface area contributed by atoms with E-state index in [-0.39, 0.29) is 11.5 Å². The van der Waals surface area contributed by atoms with Crippen LogP contribution >= 0.6 is 0 Å². The van der Waals surface area contributed by atoms with E-state index in [0.717, 1.165) is 12.1 Å². The van der Waals surface area contributed by atoms with Crippen molar-refractivity contribution < 1.29 is 8.42 Å². The Morgan fingerprint density at radius 1 is 1.03 bits per heavy atom. The topological polar surface area (TPSA) is 73.8 Å². The molecule has 164 valence electrons. The van der Waals surface area contributed by atoms with Crippen LogP contribution < -0.4 is 10.6 Å². The van der Waals surface area contributed by atoms with Gasteiger partial charge in [0.25, 0.3) is 0 Å². The number of hydrogen-bond donors (Lipinski definition) is 2. The molecular formula is C23H34N4O2S. The molecule has 0 amide bonds. The summed E-state index contributed by atoms with van der Waals surface area (Å²) in [6.45, 7) is 9.37. The highest BCUT2D eigenvalue weighted by molar-refractivity contribution is 7.89. The van der Waals surface area contributed by atoms with Gasteiger partial charge < -0.3 is 10.6 Å². The average Bonchev–Trinajstić information content (AvgIpc) is 2.74. The molecule has 0 saturated carbocycles. The van der Waals surface area contributed by atoms with Crippen LogP contribution in [-0.2, 0) is 22.0 Å². The fourth-order valence-corrected chi connectivity index (χ4v) is 4.29. The number of nitrogens with one attached hydrogen (secondary N) is 2. The van der Waals surface area contributed by atoms with Gasteiger partial charge in [-0.05, 0) is 37.1 Å². The molecule has 0 fully saturated rings. The van der Waals surface area contributed by atoms with Gasteiger partial charge in [-0.15, -0.1) is 0 Å². The highest BCUT2D eigenvalue weighted by Crippen LogP contribution is 2.21. The first-order valence-electron chi connectivity index (χ1n) is 10.1. The van der Waals surface area contributed by atoms with Crippen LogP contribution in [0.15, 0.2) is 64.5 Å². The van der Waals surface area contributed by atoms with Crippen molar-refractivity contribution in [1.29, 1.82) is 0 Å². The minimum absolute atomic E-state index is 0.0443. The van der Waals surface area contributed by atoms with Crippen molar-refractivity contribution in [3.05, 3.63) is 65.7 Å². The maximum atomic E-state index is 12.6. The van der Waals surface area contributed by atoms with Crippen molar-refractivity contribution >= 4 is 16.0 Å². The Bertz CT molecular complexity index is 937. The van der Waals surface area contributed by atoms with E-state index in [4.69, 9.17) is 0 Å². The van der Waals surface area contributed by atoms with E-state index in [0.29, 0.717) is 17.4 Å². The van der Waals surface area contributed by atoms with Gasteiger partial charge in [0, 0.05) is 38.6 Å². The number of rotatable bonds is 8. The van der Waals surface area contributed by atoms with Crippen molar-refractivity contribution in [3.8, 4) is 0 Å². The van der Waals surface area contributed by atoms with Gasteiger partial charge in [-0.2, -0.15) is 4.31 Å². The summed E-state index contributed by atoms with van der Waals surface area (Å²) < 4.78 is 26.5. The molecule has 0 atom stereocenters. The molecule has 0 bridgehead atoms. The van der Waals surface area contributed by atoms with Crippen molar-refractivity contribution in [2.75, 3.05) is 20.6 Å². The second kappa shape index (κ2) is 10.1. The van der Waals surface area contributed by atoms with Crippen LogP contribution in [0.25, 0.3) is 0 Å². The van der Waals surface area contributed by atoms with Gasteiger partial charge in [-0.1, -0.05) is 56.3 Å². The van der Waals surface area contributed by atoms with Crippen molar-refractivity contribution in [1.82, 2.24) is 14.9 Å². The fourth-order valence-electron chi connectivity index (χ4n) is 2.93. The summed E-state index contributed by atoms with van der Waals surface area (Å²) in [6.07, 6.45) is 0. The van der Waals surface area contributed by atoms with E-state index in [1.807, 2.05) is 44.2 Å². The first-order valence-corrected chi connectivity index (χ1v) is 11.6. The lowest BCUT2D eigenvalue weighted by Gasteiger charge is -2.26. The third-order valence-electron chi connectivity index (χ3n) is 5.26. The predicted octanol–water partition coefficient (Wildman–Crippen LogP) is 3.36. The van der Waals surface area contributed by atoms with Crippen molar-refractivity contribution in [3.63, 3.8) is 0 Å². The lowest BCUT2D eigenvalue weighted by atomic mass is 9.85. The summed E-state index contributed by atoms with van der Waals surface area (Å²) in [4.78, 5) is 4.59. The Hall–Kier alpha value is -2.38. The first-order chi connectivity index (χ1) is 14.1. The molecule has 2 aromatic rings. The minimum atomic E-state index is -3.47. The highest BCUT2D eigenvalue weighted by atomic mass is 32.2. The van der Waals surface area contributed by atoms with Gasteiger partial charge in [0.15, 0.2) is 5.96 Å². The molecule has 0 unspecified atom stereocenters. The maximum Gasteiger partial charge on any atom is 0.243 e. The number of guanidine groups is 1. The summed E-state index contributed by atoms with van der Waals surface area (Å²) in [6, 6.07) is 17.2. The zero-order valence-electron chi connectivity index (χ0n) is 18.8.